The molecule has 21 heavy (non-hydrogen) atoms. The van der Waals surface area contributed by atoms with Crippen molar-refractivity contribution < 1.29 is 14.3 Å². The Labute approximate surface area is 123 Å². The van der Waals surface area contributed by atoms with Crippen LogP contribution in [0.25, 0.3) is 0 Å². The number of amides is 2. The third-order valence-electron chi connectivity index (χ3n) is 3.81. The molecule has 0 radical (unpaired) electrons. The van der Waals surface area contributed by atoms with Gasteiger partial charge in [-0.25, -0.2) is 4.79 Å². The molecular weight excluding hydrogens is 270 g/mol. The standard InChI is InChI=1S/C15H19N3O3/c1-11(19)16-13-10-12(18-8-9-21-15(18)20)4-5-14(13)17-6-2-3-7-17/h4-5,10H,2-3,6-9H2,1H3,(H,16,19). The van der Waals surface area contributed by atoms with Crippen molar-refractivity contribution in [2.24, 2.45) is 0 Å². The van der Waals surface area contributed by atoms with Gasteiger partial charge in [-0.15, -0.1) is 0 Å². The van der Waals surface area contributed by atoms with Crippen LogP contribution in [0, 0.1) is 0 Å². The van der Waals surface area contributed by atoms with Crippen molar-refractivity contribution in [2.75, 3.05) is 41.4 Å². The molecule has 1 N–H and O–H groups in total. The van der Waals surface area contributed by atoms with Gasteiger partial charge in [0.05, 0.1) is 17.9 Å². The fourth-order valence-electron chi connectivity index (χ4n) is 2.84. The molecule has 1 aromatic carbocycles. The van der Waals surface area contributed by atoms with Crippen LogP contribution in [-0.4, -0.2) is 38.2 Å². The maximum atomic E-state index is 11.7. The fraction of sp³-hybridized carbons (Fsp3) is 0.467. The molecule has 0 saturated carbocycles. The molecule has 2 fully saturated rings. The topological polar surface area (TPSA) is 61.9 Å². The molecule has 2 amide bonds. The van der Waals surface area contributed by atoms with Crippen molar-refractivity contribution in [3.8, 4) is 0 Å². The van der Waals surface area contributed by atoms with E-state index < -0.39 is 0 Å². The van der Waals surface area contributed by atoms with Crippen LogP contribution < -0.4 is 15.1 Å². The molecule has 2 aliphatic heterocycles. The molecule has 2 heterocycles. The second kappa shape index (κ2) is 5.63. The van der Waals surface area contributed by atoms with E-state index in [1.165, 1.54) is 19.8 Å². The Morgan fingerprint density at radius 3 is 2.62 bits per heavy atom. The third-order valence-corrected chi connectivity index (χ3v) is 3.81. The van der Waals surface area contributed by atoms with Gasteiger partial charge in [0, 0.05) is 25.7 Å². The van der Waals surface area contributed by atoms with E-state index in [2.05, 4.69) is 10.2 Å². The second-order valence-corrected chi connectivity index (χ2v) is 5.34. The lowest BCUT2D eigenvalue weighted by atomic mass is 10.2. The van der Waals surface area contributed by atoms with Gasteiger partial charge in [0.25, 0.3) is 0 Å². The van der Waals surface area contributed by atoms with Crippen LogP contribution in [0.3, 0.4) is 0 Å². The summed E-state index contributed by atoms with van der Waals surface area (Å²) in [5, 5.41) is 2.87. The maximum Gasteiger partial charge on any atom is 0.414 e. The summed E-state index contributed by atoms with van der Waals surface area (Å²) in [5.74, 6) is -0.114. The summed E-state index contributed by atoms with van der Waals surface area (Å²) in [5.41, 5.74) is 2.52. The summed E-state index contributed by atoms with van der Waals surface area (Å²) in [6.45, 7) is 4.43. The minimum Gasteiger partial charge on any atom is -0.447 e. The first-order valence-electron chi connectivity index (χ1n) is 7.26. The predicted molar refractivity (Wildman–Crippen MR) is 80.9 cm³/mol. The fourth-order valence-corrected chi connectivity index (χ4v) is 2.84. The van der Waals surface area contributed by atoms with Gasteiger partial charge in [0.2, 0.25) is 5.91 Å². The normalized spacial score (nSPS) is 18.0. The van der Waals surface area contributed by atoms with Crippen molar-refractivity contribution in [1.29, 1.82) is 0 Å². The molecule has 112 valence electrons. The molecule has 2 saturated heterocycles. The molecule has 1 aromatic rings. The van der Waals surface area contributed by atoms with Crippen LogP contribution >= 0.6 is 0 Å². The van der Waals surface area contributed by atoms with Crippen LogP contribution in [0.1, 0.15) is 19.8 Å². The van der Waals surface area contributed by atoms with Crippen LogP contribution in [-0.2, 0) is 9.53 Å². The summed E-state index contributed by atoms with van der Waals surface area (Å²) in [7, 11) is 0. The summed E-state index contributed by atoms with van der Waals surface area (Å²) in [4.78, 5) is 26.9. The highest BCUT2D eigenvalue weighted by atomic mass is 16.6. The molecule has 2 aliphatic rings. The molecule has 0 aromatic heterocycles. The SMILES string of the molecule is CC(=O)Nc1cc(N2CCOC2=O)ccc1N1CCCC1. The zero-order chi connectivity index (χ0) is 14.8. The zero-order valence-corrected chi connectivity index (χ0v) is 12.1. The quantitative estimate of drug-likeness (QED) is 0.926. The molecule has 6 heteroatoms. The van der Waals surface area contributed by atoms with E-state index >= 15 is 0 Å². The van der Waals surface area contributed by atoms with Crippen molar-refractivity contribution in [3.05, 3.63) is 18.2 Å². The second-order valence-electron chi connectivity index (χ2n) is 5.34. The van der Waals surface area contributed by atoms with E-state index in [1.54, 1.807) is 4.90 Å². The van der Waals surface area contributed by atoms with Crippen molar-refractivity contribution in [3.63, 3.8) is 0 Å². The molecule has 0 aliphatic carbocycles. The summed E-state index contributed by atoms with van der Waals surface area (Å²) in [6.07, 6.45) is 2.00. The number of rotatable bonds is 3. The first-order valence-corrected chi connectivity index (χ1v) is 7.26. The Hall–Kier alpha value is -2.24. The van der Waals surface area contributed by atoms with Gasteiger partial charge in [0.1, 0.15) is 6.61 Å². The van der Waals surface area contributed by atoms with Crippen LogP contribution in [0.2, 0.25) is 0 Å². The number of hydrogen-bond donors (Lipinski definition) is 1. The molecule has 3 rings (SSSR count). The highest BCUT2D eigenvalue weighted by molar-refractivity contribution is 5.96. The van der Waals surface area contributed by atoms with E-state index in [0.717, 1.165) is 30.2 Å². The van der Waals surface area contributed by atoms with Crippen LogP contribution in [0.5, 0.6) is 0 Å². The lowest BCUT2D eigenvalue weighted by Crippen LogP contribution is -2.24. The number of nitrogens with zero attached hydrogens (tertiary/aromatic N) is 2. The number of ether oxygens (including phenoxy) is 1. The smallest absolute Gasteiger partial charge is 0.414 e. The Bertz CT molecular complexity index is 567. The average molecular weight is 289 g/mol. The van der Waals surface area contributed by atoms with Crippen molar-refractivity contribution in [1.82, 2.24) is 0 Å². The first-order chi connectivity index (χ1) is 10.1. The Morgan fingerprint density at radius 1 is 1.24 bits per heavy atom. The summed E-state index contributed by atoms with van der Waals surface area (Å²) in [6, 6.07) is 5.73. The first kappa shape index (κ1) is 13.7. The van der Waals surface area contributed by atoms with E-state index in [4.69, 9.17) is 4.74 Å². The van der Waals surface area contributed by atoms with Crippen LogP contribution in [0.15, 0.2) is 18.2 Å². The Balaban J connectivity index is 1.93. The van der Waals surface area contributed by atoms with Gasteiger partial charge in [0.15, 0.2) is 0 Å². The number of anilines is 3. The number of benzene rings is 1. The maximum absolute atomic E-state index is 11.7. The van der Waals surface area contributed by atoms with Gasteiger partial charge in [-0.1, -0.05) is 0 Å². The minimum atomic E-state index is -0.335. The number of carbonyl (C=O) groups excluding carboxylic acids is 2. The summed E-state index contributed by atoms with van der Waals surface area (Å²) < 4.78 is 4.96. The number of nitrogens with one attached hydrogen (secondary N) is 1. The third kappa shape index (κ3) is 2.79. The Kier molecular flexibility index (Phi) is 3.68. The molecule has 0 unspecified atom stereocenters. The molecular formula is C15H19N3O3. The van der Waals surface area contributed by atoms with Gasteiger partial charge in [-0.3, -0.25) is 9.69 Å². The molecule has 0 bridgehead atoms. The van der Waals surface area contributed by atoms with Gasteiger partial charge in [-0.05, 0) is 31.0 Å². The lowest BCUT2D eigenvalue weighted by Gasteiger charge is -2.23. The van der Waals surface area contributed by atoms with E-state index in [-0.39, 0.29) is 12.0 Å². The van der Waals surface area contributed by atoms with Gasteiger partial charge >= 0.3 is 6.09 Å². The van der Waals surface area contributed by atoms with Crippen molar-refractivity contribution in [2.45, 2.75) is 19.8 Å². The number of cyclic esters (lactones) is 1. The number of carbonyl (C=O) groups is 2. The van der Waals surface area contributed by atoms with Gasteiger partial charge < -0.3 is 15.0 Å². The summed E-state index contributed by atoms with van der Waals surface area (Å²) >= 11 is 0. The highest BCUT2D eigenvalue weighted by Gasteiger charge is 2.25. The molecule has 0 spiro atoms. The monoisotopic (exact) mass is 289 g/mol. The number of hydrogen-bond acceptors (Lipinski definition) is 4. The highest BCUT2D eigenvalue weighted by Crippen LogP contribution is 2.33. The van der Waals surface area contributed by atoms with E-state index in [0.29, 0.717) is 13.2 Å². The minimum absolute atomic E-state index is 0.114. The van der Waals surface area contributed by atoms with Crippen molar-refractivity contribution >= 4 is 29.1 Å². The molecule has 6 nitrogen and oxygen atoms in total. The van der Waals surface area contributed by atoms with E-state index in [1.807, 2.05) is 18.2 Å². The average Bonchev–Trinajstić information content (AvgIpc) is 3.09. The van der Waals surface area contributed by atoms with Crippen LogP contribution in [0.4, 0.5) is 21.9 Å². The largest absolute Gasteiger partial charge is 0.447 e. The Morgan fingerprint density at radius 2 is 2.00 bits per heavy atom. The molecule has 0 atom stereocenters. The predicted octanol–water partition coefficient (Wildman–Crippen LogP) is 2.20. The lowest BCUT2D eigenvalue weighted by molar-refractivity contribution is -0.114. The van der Waals surface area contributed by atoms with Gasteiger partial charge in [-0.2, -0.15) is 0 Å². The van der Waals surface area contributed by atoms with E-state index in [9.17, 15) is 9.59 Å². The zero-order valence-electron chi connectivity index (χ0n) is 12.1.